The summed E-state index contributed by atoms with van der Waals surface area (Å²) in [5.41, 5.74) is 9.41. The molecule has 73 heavy (non-hydrogen) atoms. The Morgan fingerprint density at radius 3 is 2.41 bits per heavy atom. The number of hydrogen-bond acceptors (Lipinski definition) is 16. The van der Waals surface area contributed by atoms with Crippen molar-refractivity contribution in [3.05, 3.63) is 93.4 Å². The van der Waals surface area contributed by atoms with E-state index >= 15 is 0 Å². The number of phosphoric ester groups is 1. The number of unbranched alkanes of at least 4 members (excludes halogenated alkanes) is 2. The van der Waals surface area contributed by atoms with E-state index in [9.17, 15) is 57.8 Å². The molecule has 2 aromatic carbocycles. The second-order valence-corrected chi connectivity index (χ2v) is 23.0. The van der Waals surface area contributed by atoms with Gasteiger partial charge >= 0.3 is 21.2 Å². The number of carbonyl (C=O) groups is 3. The molecule has 24 nitrogen and oxygen atoms in total. The van der Waals surface area contributed by atoms with Gasteiger partial charge in [0, 0.05) is 32.5 Å². The van der Waals surface area contributed by atoms with Crippen molar-refractivity contribution in [3.8, 4) is 10.4 Å². The van der Waals surface area contributed by atoms with E-state index in [0.717, 1.165) is 21.7 Å². The lowest BCUT2D eigenvalue weighted by Gasteiger charge is -2.35. The predicted molar refractivity (Wildman–Crippen MR) is 261 cm³/mol. The van der Waals surface area contributed by atoms with Gasteiger partial charge in [-0.25, -0.2) is 28.2 Å². The number of nitrogens with two attached hydrogens (primary N) is 1. The number of hydrogen-bond donors (Lipinski definition) is 10. The largest absolute Gasteiger partial charge is 0.480 e. The number of nitrogens with zero attached hydrogens (tertiary/aromatic N) is 5. The van der Waals surface area contributed by atoms with Gasteiger partial charge < -0.3 is 51.1 Å². The number of aliphatic hydroxyl groups excluding tert-OH is 3. The first-order valence-corrected chi connectivity index (χ1v) is 27.2. The van der Waals surface area contributed by atoms with Crippen LogP contribution in [0, 0.1) is 18.2 Å². The zero-order chi connectivity index (χ0) is 53.0. The highest BCUT2D eigenvalue weighted by atomic mass is 32.1. The fourth-order valence-electron chi connectivity index (χ4n) is 8.54. The predicted octanol–water partition coefficient (Wildman–Crippen LogP) is 2.03. The number of phosphoric acid groups is 1. The zero-order valence-electron chi connectivity index (χ0n) is 40.3. The van der Waals surface area contributed by atoms with Crippen LogP contribution >= 0.6 is 26.9 Å². The lowest BCUT2D eigenvalue weighted by atomic mass is 9.85. The molecule has 0 saturated carbocycles. The Labute approximate surface area is 421 Å². The van der Waals surface area contributed by atoms with Gasteiger partial charge in [0.15, 0.2) is 6.33 Å². The van der Waals surface area contributed by atoms with E-state index in [-0.39, 0.29) is 69.0 Å². The van der Waals surface area contributed by atoms with Gasteiger partial charge in [0.05, 0.1) is 35.3 Å². The topological polar surface area (TPSA) is 347 Å². The number of rotatable bonds is 21. The highest BCUT2D eigenvalue weighted by molar-refractivity contribution is 7.62. The molecule has 9 atom stereocenters. The van der Waals surface area contributed by atoms with E-state index < -0.39 is 99.4 Å². The van der Waals surface area contributed by atoms with E-state index in [1.807, 2.05) is 31.2 Å². The average molecular weight is 1080 g/mol. The Hall–Kier alpha value is -5.34. The van der Waals surface area contributed by atoms with Crippen LogP contribution in [0.4, 0.5) is 10.3 Å². The number of likely N-dealkylation sites (tertiary alicyclic amines) is 1. The summed E-state index contributed by atoms with van der Waals surface area (Å²) in [5, 5.41) is 40.2. The third-order valence-electron chi connectivity index (χ3n) is 12.3. The molecule has 396 valence electrons. The Morgan fingerprint density at radius 2 is 1.74 bits per heavy atom. The second kappa shape index (κ2) is 23.1. The Bertz CT molecular complexity index is 2940. The summed E-state index contributed by atoms with van der Waals surface area (Å²) in [4.78, 5) is 87.5. The smallest absolute Gasteiger partial charge is 0.391 e. The van der Waals surface area contributed by atoms with Crippen molar-refractivity contribution < 1.29 is 71.1 Å². The molecule has 2 saturated heterocycles. The van der Waals surface area contributed by atoms with Crippen LogP contribution in [-0.4, -0.2) is 123 Å². The SMILES string of the molecule is Cc1ncsc1-c1ccc(CNC(=O)[C@@H]2C[C@@H](O)CN2C(=O)[C@@H](NC(=O)CCCCCNP(=O)(O)OP(=O)(O)OC[C@H]2O[C@@H]([n+]3cn(Cc4ccc(F)cc4)c4c(=O)[nH]c(N)nc43)[C@H](O)[C@@H]2O)C(C)(C)C)cc1. The van der Waals surface area contributed by atoms with Crippen LogP contribution in [0.15, 0.2) is 65.2 Å². The van der Waals surface area contributed by atoms with Crippen molar-refractivity contribution in [2.75, 3.05) is 25.4 Å². The highest BCUT2D eigenvalue weighted by Crippen LogP contribution is 2.58. The van der Waals surface area contributed by atoms with Crippen LogP contribution in [0.5, 0.6) is 0 Å². The van der Waals surface area contributed by atoms with Crippen LogP contribution in [-0.2, 0) is 50.2 Å². The fraction of sp³-hybridized carbons (Fsp3) is 0.489. The van der Waals surface area contributed by atoms with Crippen LogP contribution in [0.3, 0.4) is 0 Å². The maximum Gasteiger partial charge on any atom is 0.480 e. The number of thiazole rings is 1. The van der Waals surface area contributed by atoms with Crippen molar-refractivity contribution >= 4 is 61.7 Å². The highest BCUT2D eigenvalue weighted by Gasteiger charge is 2.49. The molecule has 11 N–H and O–H groups in total. The van der Waals surface area contributed by atoms with Crippen molar-refractivity contribution in [3.63, 3.8) is 0 Å². The molecule has 28 heteroatoms. The minimum atomic E-state index is -5.33. The number of H-pyrrole nitrogens is 1. The summed E-state index contributed by atoms with van der Waals surface area (Å²) in [6.07, 6.45) is -5.24. The first-order chi connectivity index (χ1) is 34.4. The van der Waals surface area contributed by atoms with Crippen LogP contribution in [0.1, 0.15) is 75.9 Å². The van der Waals surface area contributed by atoms with Gasteiger partial charge in [-0.05, 0) is 54.0 Å². The monoisotopic (exact) mass is 1080 g/mol. The standard InChI is InChI=1S/C45H59FN10O14P2S/c1-25-37(73-23-49-25)28-13-9-26(10-14-28)19-48-40(61)31-18-30(57)21-55(31)42(63)38(45(2,3)4)51-33(58)8-6-5-7-17-50-71(64,65)70-72(66,67)68-22-32-35(59)36(60)43(69-32)56-24-54(20-27-11-15-29(46)16-12-27)34-39(56)52-44(47)53-41(34)62/h9-16,23-24,30-32,35-36,38,43,57,59-60H,5-8,17-22H2,1-4H3,(H7-,47,48,50,51,52,53,58,61,62,64,65,66,67)/p+1/t30-,31+,32-,35-,36-,38-,43-/m1/s1. The third-order valence-corrected chi connectivity index (χ3v) is 16.1. The molecule has 3 aromatic heterocycles. The molecule has 3 amide bonds. The van der Waals surface area contributed by atoms with Crippen molar-refractivity contribution in [2.45, 2.75) is 116 Å². The van der Waals surface area contributed by atoms with Crippen LogP contribution in [0.25, 0.3) is 21.6 Å². The molecule has 2 aliphatic rings. The summed E-state index contributed by atoms with van der Waals surface area (Å²) in [6.45, 7) is 6.24. The maximum atomic E-state index is 14.0. The maximum absolute atomic E-state index is 14.0. The second-order valence-electron chi connectivity index (χ2n) is 19.0. The lowest BCUT2D eigenvalue weighted by molar-refractivity contribution is -0.745. The minimum absolute atomic E-state index is 0.0116. The molecular weight excluding hydrogens is 1020 g/mol. The third kappa shape index (κ3) is 13.9. The molecule has 2 fully saturated rings. The van der Waals surface area contributed by atoms with E-state index in [0.29, 0.717) is 12.0 Å². The number of anilines is 1. The van der Waals surface area contributed by atoms with Crippen molar-refractivity contribution in [2.24, 2.45) is 5.41 Å². The average Bonchev–Trinajstić information content (AvgIpc) is 4.09. The normalized spacial score (nSPS) is 22.2. The number of aryl methyl sites for hydroxylation is 1. The number of aromatic amines is 1. The van der Waals surface area contributed by atoms with Gasteiger partial charge in [-0.1, -0.05) is 68.6 Å². The van der Waals surface area contributed by atoms with Gasteiger partial charge in [0.1, 0.15) is 36.2 Å². The number of amides is 3. The van der Waals surface area contributed by atoms with E-state index in [4.69, 9.17) is 15.0 Å². The van der Waals surface area contributed by atoms with Crippen molar-refractivity contribution in [1.82, 2.24) is 40.1 Å². The number of β-amino-alcohol motifs (C(OH)–C–C–N with tert-alkyl or cyclic N) is 1. The number of aromatic nitrogens is 5. The zero-order valence-corrected chi connectivity index (χ0v) is 42.9. The van der Waals surface area contributed by atoms with Crippen molar-refractivity contribution in [1.29, 1.82) is 0 Å². The van der Waals surface area contributed by atoms with E-state index in [1.54, 1.807) is 26.3 Å². The first-order valence-electron chi connectivity index (χ1n) is 23.3. The molecule has 5 heterocycles. The molecule has 0 spiro atoms. The quantitative estimate of drug-likeness (QED) is 0.0285. The first kappa shape index (κ1) is 55.4. The van der Waals surface area contributed by atoms with Crippen LogP contribution < -0.4 is 31.6 Å². The molecule has 2 aliphatic heterocycles. The number of nitrogen functional groups attached to an aromatic ring is 1. The van der Waals surface area contributed by atoms with Gasteiger partial charge in [0.25, 0.3) is 11.5 Å². The lowest BCUT2D eigenvalue weighted by Crippen LogP contribution is -2.57. The number of carbonyl (C=O) groups excluding carboxylic acids is 3. The van der Waals surface area contributed by atoms with Gasteiger partial charge in [0.2, 0.25) is 29.5 Å². The summed E-state index contributed by atoms with van der Waals surface area (Å²) in [6, 6.07) is 11.1. The Kier molecular flexibility index (Phi) is 17.5. The Morgan fingerprint density at radius 1 is 1.04 bits per heavy atom. The molecule has 0 radical (unpaired) electrons. The number of fused-ring (bicyclic) bond motifs is 1. The van der Waals surface area contributed by atoms with E-state index in [2.05, 4.69) is 35.0 Å². The Balaban J connectivity index is 0.845. The molecule has 0 bridgehead atoms. The summed E-state index contributed by atoms with van der Waals surface area (Å²) >= 11 is 1.53. The molecular formula is C45H60FN10O14P2S+. The number of aliphatic hydroxyl groups is 3. The van der Waals surface area contributed by atoms with Gasteiger partial charge in [-0.3, -0.25) is 33.3 Å². The van der Waals surface area contributed by atoms with Gasteiger partial charge in [-0.2, -0.15) is 4.31 Å². The summed E-state index contributed by atoms with van der Waals surface area (Å²) in [7, 11) is -10.3. The van der Waals surface area contributed by atoms with Crippen LogP contribution in [0.2, 0.25) is 0 Å². The number of nitrogens with one attached hydrogen (secondary N) is 4. The number of benzene rings is 2. The van der Waals surface area contributed by atoms with E-state index in [1.165, 1.54) is 56.0 Å². The molecule has 7 rings (SSSR count). The minimum Gasteiger partial charge on any atom is -0.391 e. The molecule has 2 unspecified atom stereocenters. The van der Waals surface area contributed by atoms with Gasteiger partial charge in [-0.15, -0.1) is 11.3 Å². The molecule has 5 aromatic rings. The number of ether oxygens (including phenoxy) is 1. The number of imidazole rings is 1. The number of halogens is 1. The summed E-state index contributed by atoms with van der Waals surface area (Å²) < 4.78 is 57.0. The molecule has 0 aliphatic carbocycles. The fourth-order valence-corrected chi connectivity index (χ4v) is 11.7. The summed E-state index contributed by atoms with van der Waals surface area (Å²) in [5.74, 6) is -2.18.